The van der Waals surface area contributed by atoms with E-state index in [1.165, 1.54) is 8.61 Å². The van der Waals surface area contributed by atoms with E-state index in [1.54, 1.807) is 0 Å². The van der Waals surface area contributed by atoms with Crippen LogP contribution in [0.15, 0.2) is 0 Å². The first-order chi connectivity index (χ1) is 9.68. The largest absolute Gasteiger partial charge is 0.281 e. The van der Waals surface area contributed by atoms with Gasteiger partial charge in [0, 0.05) is 26.2 Å². The summed E-state index contributed by atoms with van der Waals surface area (Å²) < 4.78 is 50.6. The van der Waals surface area contributed by atoms with Gasteiger partial charge in [0.15, 0.2) is 0 Å². The van der Waals surface area contributed by atoms with Crippen LogP contribution in [-0.4, -0.2) is 57.4 Å². The van der Waals surface area contributed by atoms with Gasteiger partial charge in [-0.15, -0.1) is 0 Å². The normalized spacial score (nSPS) is 27.8. The molecule has 2 heterocycles. The molecule has 7 nitrogen and oxygen atoms in total. The monoisotopic (exact) mass is 339 g/mol. The van der Waals surface area contributed by atoms with Gasteiger partial charge < -0.3 is 0 Å². The minimum Gasteiger partial charge on any atom is -0.229 e. The topological polar surface area (TPSA) is 101 Å². The van der Waals surface area contributed by atoms with E-state index in [2.05, 4.69) is 6.92 Å². The fraction of sp³-hybridized carbons (Fsp3) is 1.00. The smallest absolute Gasteiger partial charge is 0.229 e. The highest BCUT2D eigenvalue weighted by molar-refractivity contribution is 7.89. The standard InChI is InChI=1S/C12H25N3O4S2/c1-11-4-7-14(8-5-11)21(18,19)15-6-2-3-12(9-15)10-20(13,16)17/h11-12H,2-10H2,1H3,(H2,13,16,17)/t12-/m0/s1. The third-order valence-electron chi connectivity index (χ3n) is 4.34. The van der Waals surface area contributed by atoms with Crippen molar-refractivity contribution in [3.05, 3.63) is 0 Å². The lowest BCUT2D eigenvalue weighted by atomic mass is 10.0. The highest BCUT2D eigenvalue weighted by Crippen LogP contribution is 2.25. The molecule has 0 aromatic carbocycles. The number of piperidine rings is 2. The van der Waals surface area contributed by atoms with Crippen molar-refractivity contribution >= 4 is 20.2 Å². The van der Waals surface area contributed by atoms with E-state index in [0.29, 0.717) is 38.4 Å². The summed E-state index contributed by atoms with van der Waals surface area (Å²) in [5.41, 5.74) is 0. The minimum absolute atomic E-state index is 0.143. The van der Waals surface area contributed by atoms with Crippen LogP contribution >= 0.6 is 0 Å². The number of sulfonamides is 1. The van der Waals surface area contributed by atoms with Crippen molar-refractivity contribution in [3.8, 4) is 0 Å². The summed E-state index contributed by atoms with van der Waals surface area (Å²) in [6.07, 6.45) is 3.16. The zero-order valence-corrected chi connectivity index (χ0v) is 14.1. The minimum atomic E-state index is -3.56. The van der Waals surface area contributed by atoms with E-state index in [1.807, 2.05) is 0 Å². The Labute approximate surface area is 127 Å². The number of hydrogen-bond donors (Lipinski definition) is 1. The number of hydrogen-bond acceptors (Lipinski definition) is 4. The van der Waals surface area contributed by atoms with Crippen molar-refractivity contribution < 1.29 is 16.8 Å². The summed E-state index contributed by atoms with van der Waals surface area (Å²) in [6.45, 7) is 3.97. The summed E-state index contributed by atoms with van der Waals surface area (Å²) in [6, 6.07) is 0. The second-order valence-electron chi connectivity index (χ2n) is 6.29. The third kappa shape index (κ3) is 4.62. The summed E-state index contributed by atoms with van der Waals surface area (Å²) >= 11 is 0. The molecule has 0 unspecified atom stereocenters. The number of nitrogens with two attached hydrogens (primary N) is 1. The predicted molar refractivity (Wildman–Crippen MR) is 81.2 cm³/mol. The van der Waals surface area contributed by atoms with Crippen LogP contribution in [0.5, 0.6) is 0 Å². The summed E-state index contributed by atoms with van der Waals surface area (Å²) in [5, 5.41) is 5.07. The molecule has 21 heavy (non-hydrogen) atoms. The molecular weight excluding hydrogens is 314 g/mol. The number of nitrogens with zero attached hydrogens (tertiary/aromatic N) is 2. The second-order valence-corrected chi connectivity index (χ2v) is 9.87. The zero-order chi connectivity index (χ0) is 15.7. The van der Waals surface area contributed by atoms with Crippen LogP contribution in [0.3, 0.4) is 0 Å². The van der Waals surface area contributed by atoms with Gasteiger partial charge in [-0.25, -0.2) is 13.6 Å². The van der Waals surface area contributed by atoms with Crippen LogP contribution < -0.4 is 5.14 Å². The molecule has 2 fully saturated rings. The van der Waals surface area contributed by atoms with Crippen molar-refractivity contribution in [2.75, 3.05) is 31.9 Å². The van der Waals surface area contributed by atoms with Crippen molar-refractivity contribution in [2.24, 2.45) is 17.0 Å². The molecule has 0 spiro atoms. The maximum Gasteiger partial charge on any atom is 0.281 e. The van der Waals surface area contributed by atoms with Gasteiger partial charge in [-0.1, -0.05) is 6.92 Å². The average Bonchev–Trinajstić information content (AvgIpc) is 2.37. The zero-order valence-electron chi connectivity index (χ0n) is 12.4. The van der Waals surface area contributed by atoms with E-state index in [4.69, 9.17) is 5.14 Å². The molecule has 0 aromatic rings. The van der Waals surface area contributed by atoms with Crippen LogP contribution in [0.2, 0.25) is 0 Å². The molecule has 1 atom stereocenters. The van der Waals surface area contributed by atoms with Crippen molar-refractivity contribution in [1.82, 2.24) is 8.61 Å². The molecule has 2 rings (SSSR count). The maximum absolute atomic E-state index is 12.6. The van der Waals surface area contributed by atoms with Crippen LogP contribution in [0.25, 0.3) is 0 Å². The van der Waals surface area contributed by atoms with Crippen molar-refractivity contribution in [3.63, 3.8) is 0 Å². The first-order valence-corrected chi connectivity index (χ1v) is 10.6. The van der Waals surface area contributed by atoms with E-state index in [9.17, 15) is 16.8 Å². The first-order valence-electron chi connectivity index (χ1n) is 7.44. The Bertz CT molecular complexity index is 553. The Morgan fingerprint density at radius 2 is 1.62 bits per heavy atom. The van der Waals surface area contributed by atoms with Crippen LogP contribution in [0.1, 0.15) is 32.6 Å². The predicted octanol–water partition coefficient (Wildman–Crippen LogP) is -0.0364. The van der Waals surface area contributed by atoms with Crippen LogP contribution in [-0.2, 0) is 20.2 Å². The van der Waals surface area contributed by atoms with Gasteiger partial charge >= 0.3 is 0 Å². The molecule has 0 bridgehead atoms. The molecule has 2 aliphatic rings. The third-order valence-corrected chi connectivity index (χ3v) is 7.28. The first kappa shape index (κ1) is 17.1. The van der Waals surface area contributed by atoms with Gasteiger partial charge in [-0.05, 0) is 37.5 Å². The fourth-order valence-corrected chi connectivity index (χ4v) is 5.77. The summed E-state index contributed by atoms with van der Waals surface area (Å²) in [5.74, 6) is 0.218. The average molecular weight is 339 g/mol. The van der Waals surface area contributed by atoms with Gasteiger partial charge in [-0.2, -0.15) is 17.0 Å². The number of rotatable bonds is 4. The van der Waals surface area contributed by atoms with Gasteiger partial charge in [-0.3, -0.25) is 0 Å². The van der Waals surface area contributed by atoms with Crippen LogP contribution in [0.4, 0.5) is 0 Å². The molecule has 0 radical (unpaired) electrons. The lowest BCUT2D eigenvalue weighted by Crippen LogP contribution is -2.50. The van der Waals surface area contributed by atoms with Gasteiger partial charge in [0.2, 0.25) is 10.0 Å². The Hall–Kier alpha value is -0.220. The Morgan fingerprint density at radius 1 is 1.00 bits per heavy atom. The molecule has 9 heteroatoms. The molecule has 2 N–H and O–H groups in total. The van der Waals surface area contributed by atoms with Gasteiger partial charge in [0.25, 0.3) is 10.2 Å². The molecule has 0 amide bonds. The van der Waals surface area contributed by atoms with Crippen LogP contribution in [0, 0.1) is 11.8 Å². The quantitative estimate of drug-likeness (QED) is 0.777. The lowest BCUT2D eigenvalue weighted by Gasteiger charge is -2.37. The fourth-order valence-electron chi connectivity index (χ4n) is 3.08. The molecule has 0 aliphatic carbocycles. The Morgan fingerprint density at radius 3 is 2.19 bits per heavy atom. The highest BCUT2D eigenvalue weighted by Gasteiger charge is 2.35. The number of primary sulfonamides is 1. The summed E-state index contributed by atoms with van der Waals surface area (Å²) in [7, 11) is -7.03. The maximum atomic E-state index is 12.6. The van der Waals surface area contributed by atoms with Gasteiger partial charge in [0.05, 0.1) is 5.75 Å². The van der Waals surface area contributed by atoms with E-state index in [-0.39, 0.29) is 18.2 Å². The summed E-state index contributed by atoms with van der Waals surface area (Å²) in [4.78, 5) is 0. The SMILES string of the molecule is CC1CCN(S(=O)(=O)N2CCC[C@H](CS(N)(=O)=O)C2)CC1. The second kappa shape index (κ2) is 6.49. The Kier molecular flexibility index (Phi) is 5.30. The van der Waals surface area contributed by atoms with E-state index < -0.39 is 20.2 Å². The molecule has 0 aromatic heterocycles. The molecule has 2 saturated heterocycles. The van der Waals surface area contributed by atoms with E-state index >= 15 is 0 Å². The van der Waals surface area contributed by atoms with E-state index in [0.717, 1.165) is 12.8 Å². The molecule has 2 aliphatic heterocycles. The molecule has 124 valence electrons. The molecular formula is C12H25N3O4S2. The molecule has 0 saturated carbocycles. The van der Waals surface area contributed by atoms with Crippen molar-refractivity contribution in [2.45, 2.75) is 32.6 Å². The van der Waals surface area contributed by atoms with Gasteiger partial charge in [0.1, 0.15) is 0 Å². The Balaban J connectivity index is 2.02. The lowest BCUT2D eigenvalue weighted by molar-refractivity contribution is 0.233. The highest BCUT2D eigenvalue weighted by atomic mass is 32.2. The van der Waals surface area contributed by atoms with Crippen molar-refractivity contribution in [1.29, 1.82) is 0 Å².